The minimum atomic E-state index is -0.0638. The van der Waals surface area contributed by atoms with Gasteiger partial charge in [-0.25, -0.2) is 4.98 Å². The number of benzene rings is 1. The van der Waals surface area contributed by atoms with Gasteiger partial charge in [0.25, 0.3) is 5.91 Å². The van der Waals surface area contributed by atoms with Crippen molar-refractivity contribution in [3.63, 3.8) is 0 Å². The first-order valence-electron chi connectivity index (χ1n) is 7.03. The highest BCUT2D eigenvalue weighted by Crippen LogP contribution is 2.26. The quantitative estimate of drug-likeness (QED) is 0.754. The molecule has 3 aromatic rings. The number of thiophene rings is 1. The Morgan fingerprint density at radius 3 is 2.64 bits per heavy atom. The van der Waals surface area contributed by atoms with Gasteiger partial charge in [0.15, 0.2) is 12.2 Å². The van der Waals surface area contributed by atoms with Gasteiger partial charge in [0.05, 0.1) is 11.1 Å². The Hall–Kier alpha value is -2.40. The number of hydrogen-bond donors (Lipinski definition) is 1. The second kappa shape index (κ2) is 6.15. The number of rotatable bonds is 4. The van der Waals surface area contributed by atoms with Gasteiger partial charge in [-0.2, -0.15) is 0 Å². The molecule has 3 rings (SSSR count). The first kappa shape index (κ1) is 14.5. The smallest absolute Gasteiger partial charge is 0.266 e. The van der Waals surface area contributed by atoms with E-state index in [4.69, 9.17) is 4.42 Å². The molecule has 0 unspecified atom stereocenters. The van der Waals surface area contributed by atoms with Crippen molar-refractivity contribution in [2.24, 2.45) is 0 Å². The van der Waals surface area contributed by atoms with Gasteiger partial charge in [-0.3, -0.25) is 4.79 Å². The van der Waals surface area contributed by atoms with Crippen molar-refractivity contribution < 1.29 is 9.21 Å². The second-order valence-electron chi connectivity index (χ2n) is 5.26. The largest absolute Gasteiger partial charge is 0.444 e. The number of carbonyl (C=O) groups excluding carboxylic acids is 1. The van der Waals surface area contributed by atoms with Crippen LogP contribution in [0.1, 0.15) is 35.0 Å². The molecule has 1 aromatic carbocycles. The molecule has 4 nitrogen and oxygen atoms in total. The fourth-order valence-electron chi connectivity index (χ4n) is 2.22. The lowest BCUT2D eigenvalue weighted by Crippen LogP contribution is -2.12. The van der Waals surface area contributed by atoms with Crippen LogP contribution in [0, 0.1) is 0 Å². The molecular formula is C17H16N2O2S. The van der Waals surface area contributed by atoms with Crippen LogP contribution in [0.5, 0.6) is 0 Å². The van der Waals surface area contributed by atoms with Gasteiger partial charge in [-0.15, -0.1) is 11.3 Å². The molecule has 0 saturated carbocycles. The monoisotopic (exact) mass is 312 g/mol. The average molecular weight is 312 g/mol. The summed E-state index contributed by atoms with van der Waals surface area (Å²) in [5.74, 6) is 0.977. The average Bonchev–Trinajstić information content (AvgIpc) is 3.19. The maximum absolute atomic E-state index is 12.4. The normalized spacial score (nSPS) is 10.9. The van der Waals surface area contributed by atoms with Gasteiger partial charge in [0.2, 0.25) is 0 Å². The molecular weight excluding hydrogens is 296 g/mol. The molecule has 0 aliphatic carbocycles. The molecule has 5 heteroatoms. The molecule has 0 radical (unpaired) electrons. The van der Waals surface area contributed by atoms with Crippen molar-refractivity contribution in [1.82, 2.24) is 4.98 Å². The van der Waals surface area contributed by atoms with Crippen LogP contribution in [0.25, 0.3) is 11.3 Å². The van der Waals surface area contributed by atoms with E-state index in [0.29, 0.717) is 11.7 Å². The van der Waals surface area contributed by atoms with E-state index in [0.717, 1.165) is 21.7 Å². The van der Waals surface area contributed by atoms with Gasteiger partial charge < -0.3 is 9.73 Å². The van der Waals surface area contributed by atoms with E-state index in [-0.39, 0.29) is 5.91 Å². The van der Waals surface area contributed by atoms with Crippen molar-refractivity contribution >= 4 is 22.9 Å². The molecule has 1 amide bonds. The van der Waals surface area contributed by atoms with Crippen LogP contribution in [0.2, 0.25) is 0 Å². The Morgan fingerprint density at radius 2 is 2.00 bits per heavy atom. The lowest BCUT2D eigenvalue weighted by Gasteiger charge is -2.08. The summed E-state index contributed by atoms with van der Waals surface area (Å²) >= 11 is 1.47. The van der Waals surface area contributed by atoms with E-state index in [1.165, 1.54) is 17.7 Å². The number of nitrogens with one attached hydrogen (secondary N) is 1. The highest BCUT2D eigenvalue weighted by atomic mass is 32.1. The highest BCUT2D eigenvalue weighted by Gasteiger charge is 2.15. The zero-order valence-corrected chi connectivity index (χ0v) is 13.2. The van der Waals surface area contributed by atoms with Crippen molar-refractivity contribution in [2.75, 3.05) is 5.32 Å². The van der Waals surface area contributed by atoms with Crippen LogP contribution in [0.3, 0.4) is 0 Å². The number of amides is 1. The van der Waals surface area contributed by atoms with Crippen molar-refractivity contribution in [3.8, 4) is 11.3 Å². The zero-order chi connectivity index (χ0) is 15.5. The first-order valence-corrected chi connectivity index (χ1v) is 7.91. The Bertz CT molecular complexity index is 758. The second-order valence-corrected chi connectivity index (χ2v) is 6.17. The molecule has 22 heavy (non-hydrogen) atoms. The van der Waals surface area contributed by atoms with Crippen LogP contribution in [-0.2, 0) is 0 Å². The van der Waals surface area contributed by atoms with Crippen LogP contribution in [0.4, 0.5) is 5.69 Å². The van der Waals surface area contributed by atoms with Crippen molar-refractivity contribution in [2.45, 2.75) is 19.8 Å². The summed E-state index contributed by atoms with van der Waals surface area (Å²) in [4.78, 5) is 17.1. The third-order valence-electron chi connectivity index (χ3n) is 3.38. The van der Waals surface area contributed by atoms with Gasteiger partial charge in [-0.05, 0) is 47.2 Å². The first-order chi connectivity index (χ1) is 10.6. The van der Waals surface area contributed by atoms with E-state index in [9.17, 15) is 4.79 Å². The highest BCUT2D eigenvalue weighted by molar-refractivity contribution is 7.12. The molecule has 2 aromatic heterocycles. The third kappa shape index (κ3) is 2.94. The lowest BCUT2D eigenvalue weighted by atomic mass is 10.0. The molecule has 0 aliphatic rings. The van der Waals surface area contributed by atoms with Crippen LogP contribution in [0.15, 0.2) is 52.7 Å². The number of aromatic nitrogens is 1. The molecule has 0 fully saturated rings. The predicted molar refractivity (Wildman–Crippen MR) is 88.3 cm³/mol. The Labute approximate surface area is 132 Å². The summed E-state index contributed by atoms with van der Waals surface area (Å²) in [5.41, 5.74) is 2.77. The van der Waals surface area contributed by atoms with E-state index < -0.39 is 0 Å². The topological polar surface area (TPSA) is 55.1 Å². The fourth-order valence-corrected chi connectivity index (χ4v) is 3.17. The maximum Gasteiger partial charge on any atom is 0.266 e. The van der Waals surface area contributed by atoms with Crippen LogP contribution in [-0.4, -0.2) is 10.9 Å². The molecule has 1 N–H and O–H groups in total. The molecule has 2 heterocycles. The molecule has 0 aliphatic heterocycles. The number of carbonyl (C=O) groups is 1. The van der Waals surface area contributed by atoms with Gasteiger partial charge in [0, 0.05) is 11.3 Å². The van der Waals surface area contributed by atoms with Gasteiger partial charge in [-0.1, -0.05) is 13.8 Å². The van der Waals surface area contributed by atoms with E-state index in [2.05, 4.69) is 24.1 Å². The summed E-state index contributed by atoms with van der Waals surface area (Å²) in [6.07, 6.45) is 3.06. The maximum atomic E-state index is 12.4. The fraction of sp³-hybridized carbons (Fsp3) is 0.176. The number of anilines is 1. The Balaban J connectivity index is 1.75. The third-order valence-corrected chi connectivity index (χ3v) is 4.31. The molecule has 112 valence electrons. The lowest BCUT2D eigenvalue weighted by molar-refractivity contribution is 0.102. The van der Waals surface area contributed by atoms with E-state index >= 15 is 0 Å². The number of hydrogen-bond acceptors (Lipinski definition) is 4. The molecule has 0 spiro atoms. The minimum Gasteiger partial charge on any atom is -0.444 e. The number of nitrogens with zero attached hydrogens (tertiary/aromatic N) is 1. The minimum absolute atomic E-state index is 0.0638. The summed E-state index contributed by atoms with van der Waals surface area (Å²) in [6.45, 7) is 4.18. The van der Waals surface area contributed by atoms with Crippen molar-refractivity contribution in [1.29, 1.82) is 0 Å². The molecule has 0 atom stereocenters. The summed E-state index contributed by atoms with van der Waals surface area (Å²) in [7, 11) is 0. The van der Waals surface area contributed by atoms with Crippen molar-refractivity contribution in [3.05, 3.63) is 58.7 Å². The van der Waals surface area contributed by atoms with Crippen LogP contribution >= 0.6 is 11.3 Å². The summed E-state index contributed by atoms with van der Waals surface area (Å²) in [5, 5.41) is 4.89. The predicted octanol–water partition coefficient (Wildman–Crippen LogP) is 4.78. The Kier molecular flexibility index (Phi) is 4.06. The molecule has 0 saturated heterocycles. The molecule has 0 bridgehead atoms. The van der Waals surface area contributed by atoms with E-state index in [1.807, 2.05) is 35.7 Å². The van der Waals surface area contributed by atoms with Gasteiger partial charge >= 0.3 is 0 Å². The Morgan fingerprint density at radius 1 is 1.23 bits per heavy atom. The number of oxazole rings is 1. The zero-order valence-electron chi connectivity index (χ0n) is 12.4. The summed E-state index contributed by atoms with van der Waals surface area (Å²) in [6, 6.07) is 9.52. The van der Waals surface area contributed by atoms with Gasteiger partial charge in [0.1, 0.15) is 0 Å². The standard InChI is InChI=1S/C17H16N2O2S/c1-11(2)14-7-8-22-16(14)17(20)19-13-5-3-12(4-6-13)15-9-18-10-21-15/h3-11H,1-2H3,(H,19,20). The van der Waals surface area contributed by atoms with E-state index in [1.54, 1.807) is 6.20 Å². The summed E-state index contributed by atoms with van der Waals surface area (Å²) < 4.78 is 5.24. The SMILES string of the molecule is CC(C)c1ccsc1C(=O)Nc1ccc(-c2cnco2)cc1. The van der Waals surface area contributed by atoms with Crippen LogP contribution < -0.4 is 5.32 Å².